The molecule has 3 atom stereocenters. The SMILES string of the molecule is CC1(C)CCC2(C)CCC(C)(O)CC2C1. The highest BCUT2D eigenvalue weighted by Gasteiger charge is 2.48. The molecule has 0 heterocycles. The third-order valence-corrected chi connectivity index (χ3v) is 5.08. The summed E-state index contributed by atoms with van der Waals surface area (Å²) in [6.07, 6.45) is 7.27. The molecule has 0 aliphatic heterocycles. The van der Waals surface area contributed by atoms with Gasteiger partial charge in [-0.3, -0.25) is 0 Å². The Bertz CT molecular complexity index is 230. The summed E-state index contributed by atoms with van der Waals surface area (Å²) in [6, 6.07) is 0. The zero-order valence-corrected chi connectivity index (χ0v) is 10.8. The summed E-state index contributed by atoms with van der Waals surface area (Å²) in [6.45, 7) is 9.24. The third kappa shape index (κ3) is 2.22. The van der Waals surface area contributed by atoms with E-state index in [2.05, 4.69) is 20.8 Å². The van der Waals surface area contributed by atoms with E-state index >= 15 is 0 Å². The summed E-state index contributed by atoms with van der Waals surface area (Å²) in [5.74, 6) is 0.741. The van der Waals surface area contributed by atoms with Crippen molar-refractivity contribution in [3.05, 3.63) is 0 Å². The Labute approximate surface area is 94.3 Å². The Hall–Kier alpha value is -0.0400. The molecule has 0 saturated heterocycles. The van der Waals surface area contributed by atoms with Gasteiger partial charge in [-0.05, 0) is 62.2 Å². The van der Waals surface area contributed by atoms with Crippen molar-refractivity contribution in [2.75, 3.05) is 0 Å². The first-order valence-electron chi connectivity index (χ1n) is 6.45. The van der Waals surface area contributed by atoms with Crippen LogP contribution < -0.4 is 0 Å². The lowest BCUT2D eigenvalue weighted by Crippen LogP contribution is -2.47. The summed E-state index contributed by atoms with van der Waals surface area (Å²) >= 11 is 0. The monoisotopic (exact) mass is 210 g/mol. The minimum Gasteiger partial charge on any atom is -0.390 e. The lowest BCUT2D eigenvalue weighted by Gasteiger charge is -2.53. The Morgan fingerprint density at radius 2 is 1.47 bits per heavy atom. The van der Waals surface area contributed by atoms with Gasteiger partial charge in [0.15, 0.2) is 0 Å². The fourth-order valence-electron chi connectivity index (χ4n) is 3.68. The number of rotatable bonds is 0. The van der Waals surface area contributed by atoms with Crippen LogP contribution in [0.2, 0.25) is 0 Å². The second kappa shape index (κ2) is 3.23. The van der Waals surface area contributed by atoms with E-state index in [0.717, 1.165) is 18.8 Å². The van der Waals surface area contributed by atoms with Crippen LogP contribution in [0, 0.1) is 16.7 Å². The number of aliphatic hydroxyl groups is 1. The lowest BCUT2D eigenvalue weighted by atomic mass is 9.53. The number of fused-ring (bicyclic) bond motifs is 1. The Balaban J connectivity index is 2.15. The van der Waals surface area contributed by atoms with Gasteiger partial charge < -0.3 is 5.11 Å². The van der Waals surface area contributed by atoms with Gasteiger partial charge in [0.25, 0.3) is 0 Å². The van der Waals surface area contributed by atoms with Gasteiger partial charge in [0.1, 0.15) is 0 Å². The molecule has 0 spiro atoms. The van der Waals surface area contributed by atoms with E-state index in [1.54, 1.807) is 0 Å². The highest BCUT2D eigenvalue weighted by molar-refractivity contribution is 4.99. The summed E-state index contributed by atoms with van der Waals surface area (Å²) in [5.41, 5.74) is 0.632. The van der Waals surface area contributed by atoms with Crippen LogP contribution in [0.25, 0.3) is 0 Å². The highest BCUT2D eigenvalue weighted by atomic mass is 16.3. The summed E-state index contributed by atoms with van der Waals surface area (Å²) in [5, 5.41) is 10.2. The molecular weight excluding hydrogens is 184 g/mol. The van der Waals surface area contributed by atoms with Crippen molar-refractivity contribution in [3.63, 3.8) is 0 Å². The number of hydrogen-bond acceptors (Lipinski definition) is 1. The normalized spacial score (nSPS) is 49.8. The van der Waals surface area contributed by atoms with Gasteiger partial charge in [0, 0.05) is 0 Å². The second-order valence-corrected chi connectivity index (χ2v) is 7.42. The molecule has 2 aliphatic rings. The van der Waals surface area contributed by atoms with Crippen LogP contribution in [-0.4, -0.2) is 10.7 Å². The fraction of sp³-hybridized carbons (Fsp3) is 1.00. The van der Waals surface area contributed by atoms with Crippen molar-refractivity contribution >= 4 is 0 Å². The molecule has 2 rings (SSSR count). The minimum absolute atomic E-state index is 0.391. The van der Waals surface area contributed by atoms with Crippen molar-refractivity contribution in [3.8, 4) is 0 Å². The fourth-order valence-corrected chi connectivity index (χ4v) is 3.68. The van der Waals surface area contributed by atoms with Gasteiger partial charge >= 0.3 is 0 Å². The van der Waals surface area contributed by atoms with Crippen LogP contribution in [0.15, 0.2) is 0 Å². The quantitative estimate of drug-likeness (QED) is 0.645. The molecule has 0 aromatic rings. The third-order valence-electron chi connectivity index (χ3n) is 5.08. The molecule has 1 heteroatoms. The largest absolute Gasteiger partial charge is 0.390 e. The topological polar surface area (TPSA) is 20.2 Å². The van der Waals surface area contributed by atoms with Crippen LogP contribution in [0.3, 0.4) is 0 Å². The first kappa shape index (κ1) is 11.4. The van der Waals surface area contributed by atoms with E-state index < -0.39 is 5.60 Å². The van der Waals surface area contributed by atoms with Gasteiger partial charge in [0.05, 0.1) is 5.60 Å². The predicted molar refractivity (Wildman–Crippen MR) is 63.7 cm³/mol. The highest BCUT2D eigenvalue weighted by Crippen LogP contribution is 2.56. The standard InChI is InChI=1S/C14H26O/c1-12(2)5-6-13(3)7-8-14(4,15)10-11(13)9-12/h11,15H,5-10H2,1-4H3. The first-order chi connectivity index (χ1) is 6.73. The molecular formula is C14H26O. The smallest absolute Gasteiger partial charge is 0.0622 e. The summed E-state index contributed by atoms with van der Waals surface area (Å²) in [4.78, 5) is 0. The lowest BCUT2D eigenvalue weighted by molar-refractivity contribution is -0.0873. The summed E-state index contributed by atoms with van der Waals surface area (Å²) < 4.78 is 0. The zero-order valence-electron chi connectivity index (χ0n) is 10.8. The molecule has 88 valence electrons. The van der Waals surface area contributed by atoms with Crippen LogP contribution in [0.1, 0.15) is 66.2 Å². The van der Waals surface area contributed by atoms with Crippen molar-refractivity contribution in [1.82, 2.24) is 0 Å². The Morgan fingerprint density at radius 3 is 2.13 bits per heavy atom. The average Bonchev–Trinajstić information content (AvgIpc) is 2.07. The van der Waals surface area contributed by atoms with Crippen LogP contribution in [0.4, 0.5) is 0 Å². The van der Waals surface area contributed by atoms with E-state index in [1.165, 1.54) is 25.7 Å². The molecule has 0 radical (unpaired) electrons. The van der Waals surface area contributed by atoms with E-state index in [-0.39, 0.29) is 0 Å². The van der Waals surface area contributed by atoms with Gasteiger partial charge in [-0.2, -0.15) is 0 Å². The molecule has 2 saturated carbocycles. The van der Waals surface area contributed by atoms with Gasteiger partial charge in [-0.15, -0.1) is 0 Å². The van der Waals surface area contributed by atoms with Gasteiger partial charge in [-0.25, -0.2) is 0 Å². The molecule has 0 aromatic heterocycles. The van der Waals surface area contributed by atoms with E-state index in [4.69, 9.17) is 0 Å². The minimum atomic E-state index is -0.391. The molecule has 1 N–H and O–H groups in total. The van der Waals surface area contributed by atoms with Crippen molar-refractivity contribution in [1.29, 1.82) is 0 Å². The maximum Gasteiger partial charge on any atom is 0.0622 e. The van der Waals surface area contributed by atoms with E-state index in [1.807, 2.05) is 6.92 Å². The molecule has 3 unspecified atom stereocenters. The van der Waals surface area contributed by atoms with Crippen molar-refractivity contribution in [2.45, 2.75) is 71.8 Å². The van der Waals surface area contributed by atoms with Gasteiger partial charge in [-0.1, -0.05) is 20.8 Å². The number of hydrogen-bond donors (Lipinski definition) is 1. The van der Waals surface area contributed by atoms with Crippen LogP contribution in [0.5, 0.6) is 0 Å². The maximum atomic E-state index is 10.2. The molecule has 15 heavy (non-hydrogen) atoms. The Morgan fingerprint density at radius 1 is 0.867 bits per heavy atom. The average molecular weight is 210 g/mol. The molecule has 1 nitrogen and oxygen atoms in total. The van der Waals surface area contributed by atoms with E-state index in [0.29, 0.717) is 10.8 Å². The Kier molecular flexibility index (Phi) is 2.46. The molecule has 0 amide bonds. The molecule has 0 bridgehead atoms. The van der Waals surface area contributed by atoms with Crippen LogP contribution in [-0.2, 0) is 0 Å². The summed E-state index contributed by atoms with van der Waals surface area (Å²) in [7, 11) is 0. The van der Waals surface area contributed by atoms with Crippen LogP contribution >= 0.6 is 0 Å². The first-order valence-corrected chi connectivity index (χ1v) is 6.45. The second-order valence-electron chi connectivity index (χ2n) is 7.42. The van der Waals surface area contributed by atoms with Crippen molar-refractivity contribution < 1.29 is 5.11 Å². The molecule has 0 aromatic carbocycles. The van der Waals surface area contributed by atoms with E-state index in [9.17, 15) is 5.11 Å². The predicted octanol–water partition coefficient (Wildman–Crippen LogP) is 3.75. The zero-order chi connectivity index (χ0) is 11.3. The van der Waals surface area contributed by atoms with Crippen molar-refractivity contribution in [2.24, 2.45) is 16.7 Å². The molecule has 2 aliphatic carbocycles. The molecule has 2 fully saturated rings. The maximum absolute atomic E-state index is 10.2. The van der Waals surface area contributed by atoms with Gasteiger partial charge in [0.2, 0.25) is 0 Å².